The van der Waals surface area contributed by atoms with E-state index in [0.29, 0.717) is 0 Å². The van der Waals surface area contributed by atoms with Gasteiger partial charge in [0.1, 0.15) is 0 Å². The fourth-order valence-electron chi connectivity index (χ4n) is 10.2. The predicted octanol–water partition coefficient (Wildman–Crippen LogP) is 19.0. The molecule has 1 nitrogen and oxygen atoms in total. The lowest BCUT2D eigenvalue weighted by Crippen LogP contribution is -2.12. The SMILES string of the molecule is C/C=C\CC.C=C/C(=C(C)\C=C/C)c1ccc(N(c2ccc(-c3ccc4c(c3)-c3ccccc3C4)cc2)c2ccc(-c3ccc4cc(C)sc4c3)cc2)c2c1C(CCC)c1ccccc1-2. The van der Waals surface area contributed by atoms with Crippen molar-refractivity contribution >= 4 is 44.1 Å². The van der Waals surface area contributed by atoms with Crippen molar-refractivity contribution in [3.05, 3.63) is 227 Å². The Kier molecular flexibility index (Phi) is 12.8. The lowest BCUT2D eigenvalue weighted by atomic mass is 9.85. The van der Waals surface area contributed by atoms with Crippen LogP contribution in [0.25, 0.3) is 60.2 Å². The number of benzene rings is 7. The van der Waals surface area contributed by atoms with Gasteiger partial charge in [0.15, 0.2) is 0 Å². The molecule has 2 aliphatic rings. The summed E-state index contributed by atoms with van der Waals surface area (Å²) in [6.07, 6.45) is 14.9. The molecule has 1 heterocycles. The van der Waals surface area contributed by atoms with Gasteiger partial charge in [0, 0.05) is 32.4 Å². The van der Waals surface area contributed by atoms with Crippen LogP contribution in [0, 0.1) is 6.92 Å². The Hall–Kier alpha value is -6.74. The van der Waals surface area contributed by atoms with Gasteiger partial charge in [0.25, 0.3) is 0 Å². The topological polar surface area (TPSA) is 3.24 Å². The van der Waals surface area contributed by atoms with Crippen LogP contribution in [0.5, 0.6) is 0 Å². The second kappa shape index (κ2) is 19.2. The molecule has 0 spiro atoms. The van der Waals surface area contributed by atoms with Crippen molar-refractivity contribution in [1.29, 1.82) is 0 Å². The molecular weight excluding hydrogens is 803 g/mol. The molecule has 1 unspecified atom stereocenters. The molecule has 65 heavy (non-hydrogen) atoms. The van der Waals surface area contributed by atoms with Crippen molar-refractivity contribution in [2.75, 3.05) is 4.90 Å². The van der Waals surface area contributed by atoms with E-state index in [2.05, 4.69) is 228 Å². The van der Waals surface area contributed by atoms with Gasteiger partial charge in [-0.1, -0.05) is 160 Å². The van der Waals surface area contributed by atoms with Crippen LogP contribution in [0.4, 0.5) is 17.1 Å². The Morgan fingerprint density at radius 2 is 1.32 bits per heavy atom. The quantitative estimate of drug-likeness (QED) is 0.0925. The minimum Gasteiger partial charge on any atom is -0.310 e. The van der Waals surface area contributed by atoms with Crippen molar-refractivity contribution in [2.45, 2.75) is 73.1 Å². The van der Waals surface area contributed by atoms with Gasteiger partial charge in [-0.3, -0.25) is 0 Å². The number of fused-ring (bicyclic) bond motifs is 7. The summed E-state index contributed by atoms with van der Waals surface area (Å²) in [6.45, 7) is 17.3. The Morgan fingerprint density at radius 3 is 1.98 bits per heavy atom. The van der Waals surface area contributed by atoms with E-state index in [9.17, 15) is 0 Å². The Morgan fingerprint density at radius 1 is 0.677 bits per heavy atom. The van der Waals surface area contributed by atoms with E-state index in [1.54, 1.807) is 0 Å². The normalized spacial score (nSPS) is 13.8. The fourth-order valence-corrected chi connectivity index (χ4v) is 11.1. The maximum absolute atomic E-state index is 4.35. The summed E-state index contributed by atoms with van der Waals surface area (Å²) < 4.78 is 1.33. The minimum absolute atomic E-state index is 0.289. The largest absolute Gasteiger partial charge is 0.310 e. The van der Waals surface area contributed by atoms with Crippen molar-refractivity contribution in [3.63, 3.8) is 0 Å². The van der Waals surface area contributed by atoms with E-state index in [-0.39, 0.29) is 5.92 Å². The molecule has 0 radical (unpaired) electrons. The van der Waals surface area contributed by atoms with Gasteiger partial charge < -0.3 is 4.90 Å². The highest BCUT2D eigenvalue weighted by atomic mass is 32.1. The number of anilines is 3. The van der Waals surface area contributed by atoms with E-state index in [1.807, 2.05) is 18.3 Å². The molecule has 1 atom stereocenters. The van der Waals surface area contributed by atoms with Gasteiger partial charge in [0.05, 0.1) is 5.69 Å². The van der Waals surface area contributed by atoms with E-state index >= 15 is 0 Å². The highest BCUT2D eigenvalue weighted by Crippen LogP contribution is 2.55. The van der Waals surface area contributed by atoms with Crippen LogP contribution >= 0.6 is 11.3 Å². The van der Waals surface area contributed by atoms with Crippen molar-refractivity contribution in [3.8, 4) is 44.5 Å². The third-order valence-corrected chi connectivity index (χ3v) is 14.2. The first-order valence-electron chi connectivity index (χ1n) is 23.4. The summed E-state index contributed by atoms with van der Waals surface area (Å²) in [4.78, 5) is 3.83. The molecule has 0 saturated carbocycles. The van der Waals surface area contributed by atoms with Gasteiger partial charge in [-0.15, -0.1) is 11.3 Å². The Labute approximate surface area is 391 Å². The van der Waals surface area contributed by atoms with Crippen LogP contribution in [0.3, 0.4) is 0 Å². The highest BCUT2D eigenvalue weighted by molar-refractivity contribution is 7.19. The third kappa shape index (κ3) is 8.40. The first-order chi connectivity index (χ1) is 31.8. The van der Waals surface area contributed by atoms with Crippen molar-refractivity contribution in [2.24, 2.45) is 0 Å². The Balaban J connectivity index is 0.00000101. The molecule has 8 aromatic rings. The van der Waals surface area contributed by atoms with Crippen LogP contribution in [0.15, 0.2) is 194 Å². The van der Waals surface area contributed by atoms with Gasteiger partial charge in [-0.2, -0.15) is 0 Å². The maximum Gasteiger partial charge on any atom is 0.0543 e. The predicted molar refractivity (Wildman–Crippen MR) is 285 cm³/mol. The fraction of sp³-hybridized carbons (Fsp3) is 0.175. The summed E-state index contributed by atoms with van der Waals surface area (Å²) in [5.41, 5.74) is 23.1. The molecule has 7 aromatic carbocycles. The number of nitrogens with zero attached hydrogens (tertiary/aromatic N) is 1. The van der Waals surface area contributed by atoms with Gasteiger partial charge >= 0.3 is 0 Å². The average molecular weight is 862 g/mol. The smallest absolute Gasteiger partial charge is 0.0543 e. The first-order valence-corrected chi connectivity index (χ1v) is 24.2. The zero-order valence-electron chi connectivity index (χ0n) is 38.8. The lowest BCUT2D eigenvalue weighted by Gasteiger charge is -2.30. The summed E-state index contributed by atoms with van der Waals surface area (Å²) >= 11 is 1.86. The number of hydrogen-bond acceptors (Lipinski definition) is 2. The van der Waals surface area contributed by atoms with E-state index < -0.39 is 0 Å². The lowest BCUT2D eigenvalue weighted by molar-refractivity contribution is 0.710. The van der Waals surface area contributed by atoms with Crippen molar-refractivity contribution < 1.29 is 0 Å². The van der Waals surface area contributed by atoms with Crippen molar-refractivity contribution in [1.82, 2.24) is 0 Å². The number of allylic oxidation sites excluding steroid dienone is 7. The van der Waals surface area contributed by atoms with E-state index in [1.165, 1.54) is 104 Å². The molecule has 0 bridgehead atoms. The molecule has 2 aliphatic carbocycles. The summed E-state index contributed by atoms with van der Waals surface area (Å²) in [5, 5.41) is 1.31. The molecule has 1 aromatic heterocycles. The second-order valence-corrected chi connectivity index (χ2v) is 18.7. The van der Waals surface area contributed by atoms with Gasteiger partial charge in [0.2, 0.25) is 0 Å². The number of aryl methyl sites for hydroxylation is 1. The molecular formula is C63H59NS. The molecule has 0 aliphatic heterocycles. The molecule has 0 N–H and O–H groups in total. The zero-order chi connectivity index (χ0) is 45.0. The zero-order valence-corrected chi connectivity index (χ0v) is 39.6. The van der Waals surface area contributed by atoms with E-state index in [4.69, 9.17) is 0 Å². The van der Waals surface area contributed by atoms with Crippen LogP contribution in [-0.4, -0.2) is 0 Å². The molecule has 2 heteroatoms. The number of hydrogen-bond donors (Lipinski definition) is 0. The average Bonchev–Trinajstić information content (AvgIpc) is 4.01. The summed E-state index contributed by atoms with van der Waals surface area (Å²) in [5.74, 6) is 0.289. The summed E-state index contributed by atoms with van der Waals surface area (Å²) in [6, 6.07) is 57.2. The molecule has 0 amide bonds. The van der Waals surface area contributed by atoms with E-state index in [0.717, 1.165) is 37.1 Å². The van der Waals surface area contributed by atoms with Crippen LogP contribution in [0.2, 0.25) is 0 Å². The second-order valence-electron chi connectivity index (χ2n) is 17.4. The maximum atomic E-state index is 4.35. The van der Waals surface area contributed by atoms with Gasteiger partial charge in [-0.05, 0) is 179 Å². The monoisotopic (exact) mass is 861 g/mol. The number of thiophene rings is 1. The van der Waals surface area contributed by atoms with Crippen LogP contribution < -0.4 is 4.90 Å². The molecule has 0 fully saturated rings. The number of rotatable bonds is 11. The Bertz CT molecular complexity index is 3110. The van der Waals surface area contributed by atoms with Gasteiger partial charge in [-0.25, -0.2) is 0 Å². The first kappa shape index (κ1) is 43.5. The highest BCUT2D eigenvalue weighted by Gasteiger charge is 2.35. The third-order valence-electron chi connectivity index (χ3n) is 13.2. The van der Waals surface area contributed by atoms with Crippen LogP contribution in [0.1, 0.15) is 92.5 Å². The molecule has 322 valence electrons. The molecule has 10 rings (SSSR count). The van der Waals surface area contributed by atoms with Crippen LogP contribution in [-0.2, 0) is 6.42 Å². The molecule has 0 saturated heterocycles. The standard InChI is InChI=1S/C58H49NS.C5H10/c1-6-13-37(4)48(8-3)53-31-32-55(58-52-18-12-11-17-50(52)51(14-7-2)57(53)58)59(47-29-25-40(26-30-47)42-20-22-45-33-38(5)60-56(45)36-42)46-27-23-39(24-28-46)41-19-21-44-34-43-15-9-10-16-49(43)54(44)35-41;1-3-5-4-2/h6,8-13,15-33,35-36,51H,3,7,14,34H2,1-2,4-5H3;3,5H,4H2,1-2H3/b13-6-,48-37+;5-3-. The minimum atomic E-state index is 0.289. The summed E-state index contributed by atoms with van der Waals surface area (Å²) in [7, 11) is 0.